The fourth-order valence-electron chi connectivity index (χ4n) is 4.20. The van der Waals surface area contributed by atoms with Gasteiger partial charge in [0.1, 0.15) is 27.0 Å². The van der Waals surface area contributed by atoms with Crippen LogP contribution in [0.25, 0.3) is 0 Å². The lowest BCUT2D eigenvalue weighted by Crippen LogP contribution is -2.46. The van der Waals surface area contributed by atoms with Crippen LogP contribution in [0.1, 0.15) is 54.7 Å². The minimum Gasteiger partial charge on any atom is -0.494 e. The van der Waals surface area contributed by atoms with Crippen molar-refractivity contribution in [3.8, 4) is 5.75 Å². The molecule has 35 heavy (non-hydrogen) atoms. The normalized spacial score (nSPS) is 14.5. The van der Waals surface area contributed by atoms with Crippen molar-refractivity contribution in [2.24, 2.45) is 0 Å². The molecule has 4 rings (SSSR count). The molecule has 0 unspecified atom stereocenters. The van der Waals surface area contributed by atoms with E-state index in [0.29, 0.717) is 17.9 Å². The number of carbonyl (C=O) groups is 2. The summed E-state index contributed by atoms with van der Waals surface area (Å²) in [7, 11) is 0. The molecule has 0 spiro atoms. The van der Waals surface area contributed by atoms with Gasteiger partial charge in [-0.3, -0.25) is 14.5 Å². The van der Waals surface area contributed by atoms with Crippen LogP contribution in [-0.2, 0) is 4.79 Å². The van der Waals surface area contributed by atoms with Crippen LogP contribution in [0.2, 0.25) is 9.36 Å². The highest BCUT2D eigenvalue weighted by Crippen LogP contribution is 2.36. The van der Waals surface area contributed by atoms with Gasteiger partial charge in [-0.1, -0.05) is 54.2 Å². The number of rotatable bonds is 8. The molecule has 2 aromatic carbocycles. The Morgan fingerprint density at radius 2 is 1.91 bits per heavy atom. The summed E-state index contributed by atoms with van der Waals surface area (Å²) in [6, 6.07) is 11.3. The average molecular weight is 536 g/mol. The number of hydrogen-bond acceptors (Lipinski definition) is 5. The minimum atomic E-state index is -1.11. The highest BCUT2D eigenvalue weighted by Gasteiger charge is 2.37. The number of aromatic nitrogens is 1. The molecule has 184 valence electrons. The van der Waals surface area contributed by atoms with Crippen LogP contribution in [0.15, 0.2) is 48.5 Å². The van der Waals surface area contributed by atoms with Crippen molar-refractivity contribution in [1.29, 1.82) is 0 Å². The maximum Gasteiger partial charge on any atom is 0.280 e. The Bertz CT molecular complexity index is 1200. The van der Waals surface area contributed by atoms with Gasteiger partial charge >= 0.3 is 0 Å². The number of hydrogen-bond donors (Lipinski definition) is 1. The quantitative estimate of drug-likeness (QED) is 0.360. The summed E-state index contributed by atoms with van der Waals surface area (Å²) >= 11 is 13.2. The Morgan fingerprint density at radius 3 is 2.51 bits per heavy atom. The second-order valence-corrected chi connectivity index (χ2v) is 9.92. The molecule has 3 aromatic rings. The smallest absolute Gasteiger partial charge is 0.280 e. The lowest BCUT2D eigenvalue weighted by molar-refractivity contribution is -0.123. The number of anilines is 1. The van der Waals surface area contributed by atoms with Crippen molar-refractivity contribution in [2.75, 3.05) is 11.5 Å². The van der Waals surface area contributed by atoms with Crippen LogP contribution in [-0.4, -0.2) is 28.8 Å². The SMILES string of the molecule is CCOc1ccc([C@@H](C(=O)NC2CCCC2)N(C(=O)c2nsc(Cl)c2Cl)c2cccc(F)c2)cc1. The third kappa shape index (κ3) is 5.77. The molecule has 0 saturated heterocycles. The molecule has 1 atom stereocenters. The van der Waals surface area contributed by atoms with Gasteiger partial charge in [-0.2, -0.15) is 4.37 Å². The highest BCUT2D eigenvalue weighted by atomic mass is 35.5. The van der Waals surface area contributed by atoms with Gasteiger partial charge in [-0.15, -0.1) is 0 Å². The van der Waals surface area contributed by atoms with E-state index in [9.17, 15) is 14.0 Å². The Kier molecular flexibility index (Phi) is 8.26. The van der Waals surface area contributed by atoms with Crippen molar-refractivity contribution >= 4 is 52.2 Å². The van der Waals surface area contributed by atoms with Crippen LogP contribution in [0.5, 0.6) is 5.75 Å². The van der Waals surface area contributed by atoms with Crippen LogP contribution < -0.4 is 15.0 Å². The average Bonchev–Trinajstić information content (AvgIpc) is 3.47. The van der Waals surface area contributed by atoms with E-state index >= 15 is 0 Å². The molecular formula is C25H24Cl2FN3O3S. The second-order valence-electron chi connectivity index (χ2n) is 8.17. The van der Waals surface area contributed by atoms with E-state index in [1.807, 2.05) is 6.92 Å². The molecule has 6 nitrogen and oxygen atoms in total. The third-order valence-corrected chi connectivity index (χ3v) is 7.43. The summed E-state index contributed by atoms with van der Waals surface area (Å²) < 4.78 is 24.1. The molecule has 10 heteroatoms. The molecule has 1 saturated carbocycles. The van der Waals surface area contributed by atoms with Gasteiger partial charge in [-0.25, -0.2) is 4.39 Å². The monoisotopic (exact) mass is 535 g/mol. The Labute approximate surface area is 217 Å². The van der Waals surface area contributed by atoms with Crippen LogP contribution in [0, 0.1) is 5.82 Å². The third-order valence-electron chi connectivity index (χ3n) is 5.82. The summed E-state index contributed by atoms with van der Waals surface area (Å²) in [5, 5.41) is 3.06. The lowest BCUT2D eigenvalue weighted by atomic mass is 10.0. The maximum atomic E-state index is 14.3. The largest absolute Gasteiger partial charge is 0.494 e. The fourth-order valence-corrected chi connectivity index (χ4v) is 5.18. The number of nitrogens with one attached hydrogen (secondary N) is 1. The van der Waals surface area contributed by atoms with Crippen molar-refractivity contribution < 1.29 is 18.7 Å². The van der Waals surface area contributed by atoms with E-state index in [0.717, 1.165) is 37.2 Å². The molecule has 1 fully saturated rings. The summed E-state index contributed by atoms with van der Waals surface area (Å²) in [5.41, 5.74) is 0.616. The van der Waals surface area contributed by atoms with E-state index < -0.39 is 17.8 Å². The minimum absolute atomic E-state index is 0.00876. The van der Waals surface area contributed by atoms with Crippen molar-refractivity contribution in [2.45, 2.75) is 44.7 Å². The number of carbonyl (C=O) groups excluding carboxylic acids is 2. The molecule has 1 N–H and O–H groups in total. The van der Waals surface area contributed by atoms with E-state index in [1.54, 1.807) is 30.3 Å². The molecule has 1 aromatic heterocycles. The second kappa shape index (κ2) is 11.4. The Morgan fingerprint density at radius 1 is 1.20 bits per heavy atom. The zero-order chi connectivity index (χ0) is 24.9. The first kappa shape index (κ1) is 25.4. The molecular weight excluding hydrogens is 512 g/mol. The van der Waals surface area contributed by atoms with E-state index in [1.165, 1.54) is 23.1 Å². The zero-order valence-corrected chi connectivity index (χ0v) is 21.3. The van der Waals surface area contributed by atoms with E-state index in [4.69, 9.17) is 27.9 Å². The first-order valence-corrected chi connectivity index (χ1v) is 12.8. The highest BCUT2D eigenvalue weighted by molar-refractivity contribution is 7.11. The fraction of sp³-hybridized carbons (Fsp3) is 0.320. The standard InChI is InChI=1S/C25H24Cl2FN3O3S/c1-2-34-19-12-10-15(11-13-19)22(24(32)29-17-7-3-4-8-17)31(18-9-5-6-16(28)14-18)25(33)21-20(26)23(27)35-30-21/h5-6,9-14,17,22H,2-4,7-8H2,1H3,(H,29,32)/t22-/m0/s1. The Balaban J connectivity index is 1.82. The van der Waals surface area contributed by atoms with Gasteiger partial charge in [0.25, 0.3) is 5.91 Å². The maximum absolute atomic E-state index is 14.3. The predicted octanol–water partition coefficient (Wildman–Crippen LogP) is 6.43. The van der Waals surface area contributed by atoms with Gasteiger partial charge in [0, 0.05) is 11.7 Å². The first-order valence-electron chi connectivity index (χ1n) is 11.3. The zero-order valence-electron chi connectivity index (χ0n) is 19.0. The number of halogens is 3. The number of amides is 2. The van der Waals surface area contributed by atoms with E-state index in [-0.39, 0.29) is 32.7 Å². The predicted molar refractivity (Wildman–Crippen MR) is 136 cm³/mol. The van der Waals surface area contributed by atoms with Gasteiger partial charge in [0.15, 0.2) is 5.69 Å². The summed E-state index contributed by atoms with van der Waals surface area (Å²) in [6.45, 7) is 2.36. The van der Waals surface area contributed by atoms with Crippen molar-refractivity contribution in [1.82, 2.24) is 9.69 Å². The number of ether oxygens (including phenoxy) is 1. The summed E-state index contributed by atoms with van der Waals surface area (Å²) in [6.07, 6.45) is 3.78. The molecule has 0 aliphatic heterocycles. The number of nitrogens with zero attached hydrogens (tertiary/aromatic N) is 2. The summed E-state index contributed by atoms with van der Waals surface area (Å²) in [4.78, 5) is 28.8. The molecule has 2 amide bonds. The van der Waals surface area contributed by atoms with Crippen LogP contribution >= 0.6 is 34.7 Å². The van der Waals surface area contributed by atoms with Crippen LogP contribution in [0.4, 0.5) is 10.1 Å². The van der Waals surface area contributed by atoms with Gasteiger partial charge in [0.2, 0.25) is 5.91 Å². The van der Waals surface area contributed by atoms with Gasteiger partial charge in [-0.05, 0) is 67.2 Å². The van der Waals surface area contributed by atoms with E-state index in [2.05, 4.69) is 9.69 Å². The summed E-state index contributed by atoms with van der Waals surface area (Å²) in [5.74, 6) is -0.964. The molecule has 0 bridgehead atoms. The molecule has 1 heterocycles. The first-order chi connectivity index (χ1) is 16.9. The van der Waals surface area contributed by atoms with Crippen LogP contribution in [0.3, 0.4) is 0 Å². The number of benzene rings is 2. The topological polar surface area (TPSA) is 71.5 Å². The molecule has 1 aliphatic rings. The van der Waals surface area contributed by atoms with Crippen molar-refractivity contribution in [3.63, 3.8) is 0 Å². The lowest BCUT2D eigenvalue weighted by Gasteiger charge is -2.32. The van der Waals surface area contributed by atoms with Crippen molar-refractivity contribution in [3.05, 3.63) is 75.0 Å². The van der Waals surface area contributed by atoms with Gasteiger partial charge in [0.05, 0.1) is 6.61 Å². The van der Waals surface area contributed by atoms with Gasteiger partial charge < -0.3 is 10.1 Å². The molecule has 1 aliphatic carbocycles. The molecule has 0 radical (unpaired) electrons. The Hall–Kier alpha value is -2.68.